The van der Waals surface area contributed by atoms with Gasteiger partial charge in [-0.05, 0) is 36.8 Å². The number of aliphatic hydroxyl groups is 1. The van der Waals surface area contributed by atoms with Gasteiger partial charge >= 0.3 is 6.61 Å². The second kappa shape index (κ2) is 11.8. The minimum atomic E-state index is -3.16. The van der Waals surface area contributed by atoms with E-state index in [-0.39, 0.29) is 22.8 Å². The molecule has 0 fully saturated rings. The van der Waals surface area contributed by atoms with Crippen LogP contribution >= 0.6 is 11.6 Å². The first kappa shape index (κ1) is 27.3. The first-order valence-corrected chi connectivity index (χ1v) is 11.6. The minimum Gasteiger partial charge on any atom is -0.487 e. The second-order valence-corrected chi connectivity index (χ2v) is 8.56. The van der Waals surface area contributed by atoms with Crippen molar-refractivity contribution in [2.75, 3.05) is 13.2 Å². The fourth-order valence-corrected chi connectivity index (χ4v) is 4.17. The largest absolute Gasteiger partial charge is 0.487 e. The Morgan fingerprint density at radius 3 is 2.68 bits per heavy atom. The molecule has 1 atom stereocenters. The number of ether oxygens (including phenoxy) is 2. The average Bonchev–Trinajstić information content (AvgIpc) is 3.30. The number of hydrogen-bond donors (Lipinski definition) is 2. The van der Waals surface area contributed by atoms with Crippen LogP contribution in [0.25, 0.3) is 16.6 Å². The lowest BCUT2D eigenvalue weighted by molar-refractivity contribution is -0.152. The first-order valence-electron chi connectivity index (χ1n) is 11.2. The molecule has 0 aliphatic heterocycles. The lowest BCUT2D eigenvalue weighted by Gasteiger charge is -2.22. The lowest BCUT2D eigenvalue weighted by atomic mass is 10.0. The number of carbonyl (C=O) groups excluding carboxylic acids is 1. The molecule has 0 radical (unpaired) electrons. The Morgan fingerprint density at radius 1 is 1.21 bits per heavy atom. The van der Waals surface area contributed by atoms with Crippen LogP contribution in [0.3, 0.4) is 0 Å². The third-order valence-corrected chi connectivity index (χ3v) is 5.84. The molecule has 8 nitrogen and oxygen atoms in total. The molecule has 2 N–H and O–H groups in total. The highest BCUT2D eigenvalue weighted by molar-refractivity contribution is 6.31. The van der Waals surface area contributed by atoms with Gasteiger partial charge in [-0.15, -0.1) is 0 Å². The molecule has 4 aromatic rings. The van der Waals surface area contributed by atoms with E-state index in [2.05, 4.69) is 20.1 Å². The molecular formula is C25H21ClF4N4O4. The Bertz CT molecular complexity index is 1470. The van der Waals surface area contributed by atoms with Gasteiger partial charge in [-0.1, -0.05) is 23.7 Å². The van der Waals surface area contributed by atoms with Crippen molar-refractivity contribution in [2.24, 2.45) is 0 Å². The molecule has 0 aliphatic rings. The maximum absolute atomic E-state index is 14.2. The molecule has 38 heavy (non-hydrogen) atoms. The topological polar surface area (TPSA) is 98.5 Å². The number of fused-ring (bicyclic) bond motifs is 1. The van der Waals surface area contributed by atoms with E-state index >= 15 is 0 Å². The van der Waals surface area contributed by atoms with Gasteiger partial charge in [0.15, 0.2) is 5.82 Å². The zero-order valence-electron chi connectivity index (χ0n) is 19.8. The number of alkyl halides is 2. The molecule has 1 amide bonds. The van der Waals surface area contributed by atoms with E-state index in [0.717, 1.165) is 18.3 Å². The lowest BCUT2D eigenvalue weighted by Crippen LogP contribution is -2.34. The standard InChI is InChI=1S/C25H21ClF4N4O4/c1-13-5-21(34-9-15(28)8-31-34)16-3-2-4-22(24(16)32-13)37-11-18-17(6-14(27)7-19(18)26)20(10-35)33-23(36)12-38-25(29)30/h2-9,20,25,35H,10-12H2,1H3,(H,33,36)/t20-/m0/s1. The molecule has 200 valence electrons. The zero-order chi connectivity index (χ0) is 27.4. The third-order valence-electron chi connectivity index (χ3n) is 5.51. The summed E-state index contributed by atoms with van der Waals surface area (Å²) in [6.07, 6.45) is 2.30. The summed E-state index contributed by atoms with van der Waals surface area (Å²) < 4.78 is 63.7. The van der Waals surface area contributed by atoms with Crippen molar-refractivity contribution >= 4 is 28.4 Å². The van der Waals surface area contributed by atoms with E-state index in [4.69, 9.17) is 16.3 Å². The molecule has 2 heterocycles. The normalized spacial score (nSPS) is 12.2. The minimum absolute atomic E-state index is 0.0476. The maximum Gasteiger partial charge on any atom is 0.345 e. The summed E-state index contributed by atoms with van der Waals surface area (Å²) in [5, 5.41) is 16.8. The van der Waals surface area contributed by atoms with Crippen molar-refractivity contribution in [3.05, 3.63) is 82.3 Å². The predicted molar refractivity (Wildman–Crippen MR) is 129 cm³/mol. The van der Waals surface area contributed by atoms with Crippen molar-refractivity contribution in [2.45, 2.75) is 26.2 Å². The molecule has 2 aromatic heterocycles. The monoisotopic (exact) mass is 552 g/mol. The van der Waals surface area contributed by atoms with Gasteiger partial charge in [0, 0.05) is 16.6 Å². The number of benzene rings is 2. The van der Waals surface area contributed by atoms with Crippen LogP contribution < -0.4 is 10.1 Å². The quantitative estimate of drug-likeness (QED) is 0.278. The van der Waals surface area contributed by atoms with Crippen molar-refractivity contribution in [3.63, 3.8) is 0 Å². The molecule has 0 saturated heterocycles. The van der Waals surface area contributed by atoms with Crippen LogP contribution in [0, 0.1) is 18.6 Å². The summed E-state index contributed by atoms with van der Waals surface area (Å²) >= 11 is 6.29. The number of halogens is 5. The van der Waals surface area contributed by atoms with Gasteiger partial charge in [-0.2, -0.15) is 13.9 Å². The summed E-state index contributed by atoms with van der Waals surface area (Å²) in [4.78, 5) is 16.5. The summed E-state index contributed by atoms with van der Waals surface area (Å²) in [5.41, 5.74) is 1.93. The van der Waals surface area contributed by atoms with Gasteiger partial charge < -0.3 is 19.9 Å². The highest BCUT2D eigenvalue weighted by atomic mass is 35.5. The number of amides is 1. The molecule has 13 heteroatoms. The summed E-state index contributed by atoms with van der Waals surface area (Å²) in [5.74, 6) is -1.89. The van der Waals surface area contributed by atoms with Crippen molar-refractivity contribution in [3.8, 4) is 11.4 Å². The van der Waals surface area contributed by atoms with Gasteiger partial charge in [-0.25, -0.2) is 18.4 Å². The fourth-order valence-electron chi connectivity index (χ4n) is 3.90. The van der Waals surface area contributed by atoms with E-state index < -0.39 is 43.4 Å². The van der Waals surface area contributed by atoms with Crippen molar-refractivity contribution in [1.82, 2.24) is 20.1 Å². The van der Waals surface area contributed by atoms with Gasteiger partial charge in [0.1, 0.15) is 30.3 Å². The number of nitrogens with one attached hydrogen (secondary N) is 1. The zero-order valence-corrected chi connectivity index (χ0v) is 20.6. The third kappa shape index (κ3) is 6.21. The number of rotatable bonds is 10. The Morgan fingerprint density at radius 2 is 2.00 bits per heavy atom. The fraction of sp³-hybridized carbons (Fsp3) is 0.240. The van der Waals surface area contributed by atoms with Crippen LogP contribution in [0.15, 0.2) is 48.8 Å². The second-order valence-electron chi connectivity index (χ2n) is 8.16. The molecule has 0 aliphatic carbocycles. The van der Waals surface area contributed by atoms with Crippen LogP contribution in [0.2, 0.25) is 5.02 Å². The molecule has 0 saturated carbocycles. The number of para-hydroxylation sites is 1. The Hall–Kier alpha value is -3.74. The van der Waals surface area contributed by atoms with Gasteiger partial charge in [-0.3, -0.25) is 4.79 Å². The predicted octanol–water partition coefficient (Wildman–Crippen LogP) is 4.63. The number of carbonyl (C=O) groups is 1. The van der Waals surface area contributed by atoms with E-state index in [1.54, 1.807) is 31.2 Å². The number of aryl methyl sites for hydroxylation is 1. The maximum atomic E-state index is 14.2. The average molecular weight is 553 g/mol. The first-order chi connectivity index (χ1) is 18.2. The Balaban J connectivity index is 1.66. The number of aliphatic hydroxyl groups excluding tert-OH is 1. The molecule has 0 spiro atoms. The highest BCUT2D eigenvalue weighted by Gasteiger charge is 2.22. The van der Waals surface area contributed by atoms with E-state index in [1.807, 2.05) is 0 Å². The van der Waals surface area contributed by atoms with Gasteiger partial charge in [0.05, 0.1) is 35.8 Å². The number of hydrogen-bond acceptors (Lipinski definition) is 6. The highest BCUT2D eigenvalue weighted by Crippen LogP contribution is 2.32. The van der Waals surface area contributed by atoms with E-state index in [0.29, 0.717) is 28.0 Å². The smallest absolute Gasteiger partial charge is 0.345 e. The SMILES string of the molecule is Cc1cc(-n2cc(F)cn2)c2cccc(OCc3c(Cl)cc(F)cc3[C@H](CO)NC(=O)COC(F)F)c2n1. The van der Waals surface area contributed by atoms with Crippen LogP contribution in [-0.4, -0.2) is 45.6 Å². The summed E-state index contributed by atoms with van der Waals surface area (Å²) in [7, 11) is 0. The summed E-state index contributed by atoms with van der Waals surface area (Å²) in [6.45, 7) is -3.29. The van der Waals surface area contributed by atoms with Crippen LogP contribution in [0.1, 0.15) is 22.9 Å². The van der Waals surface area contributed by atoms with E-state index in [9.17, 15) is 27.5 Å². The van der Waals surface area contributed by atoms with Crippen LogP contribution in [-0.2, 0) is 16.1 Å². The molecule has 2 aromatic carbocycles. The molecule has 0 bridgehead atoms. The van der Waals surface area contributed by atoms with Crippen LogP contribution in [0.4, 0.5) is 17.6 Å². The Kier molecular flexibility index (Phi) is 8.45. The van der Waals surface area contributed by atoms with Gasteiger partial charge in [0.25, 0.3) is 0 Å². The van der Waals surface area contributed by atoms with Crippen LogP contribution in [0.5, 0.6) is 5.75 Å². The Labute approximate surface area is 218 Å². The van der Waals surface area contributed by atoms with Crippen molar-refractivity contribution in [1.29, 1.82) is 0 Å². The molecule has 4 rings (SSSR count). The number of nitrogens with zero attached hydrogens (tertiary/aromatic N) is 3. The van der Waals surface area contributed by atoms with Gasteiger partial charge in [0.2, 0.25) is 5.91 Å². The number of pyridine rings is 1. The molecular weight excluding hydrogens is 532 g/mol. The van der Waals surface area contributed by atoms with Crippen molar-refractivity contribution < 1.29 is 36.9 Å². The molecule has 0 unspecified atom stereocenters. The van der Waals surface area contributed by atoms with E-state index in [1.165, 1.54) is 10.9 Å². The number of aromatic nitrogens is 3. The summed E-state index contributed by atoms with van der Waals surface area (Å²) in [6, 6.07) is 7.74.